The second-order valence-corrected chi connectivity index (χ2v) is 9.56. The molecule has 28 heavy (non-hydrogen) atoms. The smallest absolute Gasteiger partial charge is 0.182 e. The van der Waals surface area contributed by atoms with Crippen molar-refractivity contribution in [1.82, 2.24) is 15.0 Å². The van der Waals surface area contributed by atoms with Gasteiger partial charge >= 0.3 is 0 Å². The number of anilines is 1. The maximum atomic E-state index is 12.9. The Morgan fingerprint density at radius 2 is 2.07 bits per heavy atom. The molecule has 4 rings (SSSR count). The Morgan fingerprint density at radius 3 is 2.82 bits per heavy atom. The molecule has 1 aliphatic rings. The van der Waals surface area contributed by atoms with Gasteiger partial charge in [-0.1, -0.05) is 11.6 Å². The van der Waals surface area contributed by atoms with Crippen molar-refractivity contribution in [1.29, 1.82) is 0 Å². The average molecular weight is 421 g/mol. The van der Waals surface area contributed by atoms with E-state index in [0.29, 0.717) is 5.02 Å². The fourth-order valence-corrected chi connectivity index (χ4v) is 5.72. The lowest BCUT2D eigenvalue weighted by atomic mass is 9.81. The standard InChI is InChI=1S/C19H21ClN4O3S/c1-24(19-15-5-6-21-18(15)22-11-23-19)14-7-12(8-14)10-28(25,26)17-4-3-13(20)9-16(17)27-2/h3-6,9,11-12,14H,7-8,10H2,1-2H3,(H,21,22,23)/t12-,14+. The van der Waals surface area contributed by atoms with Crippen LogP contribution in [-0.4, -0.2) is 49.3 Å². The van der Waals surface area contributed by atoms with Crippen molar-refractivity contribution in [3.63, 3.8) is 0 Å². The van der Waals surface area contributed by atoms with Crippen LogP contribution in [0.5, 0.6) is 5.75 Å². The third-order valence-corrected chi connectivity index (χ3v) is 7.49. The highest BCUT2D eigenvalue weighted by molar-refractivity contribution is 7.91. The predicted octanol–water partition coefficient (Wildman–Crippen LogP) is 3.31. The fourth-order valence-electron chi connectivity index (χ4n) is 3.76. The first-order valence-corrected chi connectivity index (χ1v) is 11.0. The van der Waals surface area contributed by atoms with Gasteiger partial charge in [-0.05, 0) is 37.0 Å². The molecule has 0 unspecified atom stereocenters. The molecule has 3 aromatic rings. The molecule has 0 atom stereocenters. The zero-order valence-electron chi connectivity index (χ0n) is 15.6. The molecule has 7 nitrogen and oxygen atoms in total. The van der Waals surface area contributed by atoms with Gasteiger partial charge in [0.2, 0.25) is 0 Å². The van der Waals surface area contributed by atoms with Gasteiger partial charge in [-0.15, -0.1) is 0 Å². The molecule has 0 spiro atoms. The molecule has 2 aromatic heterocycles. The molecular formula is C19H21ClN4O3S. The summed E-state index contributed by atoms with van der Waals surface area (Å²) in [4.78, 5) is 14.0. The Bertz CT molecular complexity index is 1110. The first kappa shape index (κ1) is 19.0. The summed E-state index contributed by atoms with van der Waals surface area (Å²) >= 11 is 5.94. The number of nitrogens with zero attached hydrogens (tertiary/aromatic N) is 3. The molecular weight excluding hydrogens is 400 g/mol. The summed E-state index contributed by atoms with van der Waals surface area (Å²) in [5.41, 5.74) is 0.796. The van der Waals surface area contributed by atoms with E-state index in [9.17, 15) is 8.42 Å². The molecule has 1 aromatic carbocycles. The number of benzene rings is 1. The number of methoxy groups -OCH3 is 1. The van der Waals surface area contributed by atoms with Crippen LogP contribution in [0.25, 0.3) is 11.0 Å². The summed E-state index contributed by atoms with van der Waals surface area (Å²) in [5.74, 6) is 1.34. The number of fused-ring (bicyclic) bond motifs is 1. The first-order chi connectivity index (χ1) is 13.4. The monoisotopic (exact) mass is 420 g/mol. The van der Waals surface area contributed by atoms with Crippen LogP contribution in [0, 0.1) is 5.92 Å². The van der Waals surface area contributed by atoms with Gasteiger partial charge in [-0.2, -0.15) is 0 Å². The van der Waals surface area contributed by atoms with Crippen LogP contribution in [0.4, 0.5) is 5.82 Å². The van der Waals surface area contributed by atoms with Crippen molar-refractivity contribution in [3.8, 4) is 5.75 Å². The van der Waals surface area contributed by atoms with Gasteiger partial charge in [0, 0.05) is 30.4 Å². The second-order valence-electron chi connectivity index (χ2n) is 7.12. The van der Waals surface area contributed by atoms with Crippen LogP contribution < -0.4 is 9.64 Å². The number of sulfone groups is 1. The number of nitrogens with one attached hydrogen (secondary N) is 1. The largest absolute Gasteiger partial charge is 0.495 e. The van der Waals surface area contributed by atoms with E-state index in [1.54, 1.807) is 6.07 Å². The number of rotatable bonds is 6. The molecule has 9 heteroatoms. The van der Waals surface area contributed by atoms with Crippen LogP contribution in [0.2, 0.25) is 5.02 Å². The summed E-state index contributed by atoms with van der Waals surface area (Å²) in [7, 11) is -0.0128. The number of aromatic nitrogens is 3. The minimum atomic E-state index is -3.45. The van der Waals surface area contributed by atoms with E-state index in [0.717, 1.165) is 29.7 Å². The van der Waals surface area contributed by atoms with Crippen LogP contribution in [0.15, 0.2) is 41.7 Å². The van der Waals surface area contributed by atoms with E-state index in [1.165, 1.54) is 25.6 Å². The zero-order chi connectivity index (χ0) is 19.9. The summed E-state index contributed by atoms with van der Waals surface area (Å²) in [6.45, 7) is 0. The van der Waals surface area contributed by atoms with Gasteiger partial charge in [-0.25, -0.2) is 18.4 Å². The van der Waals surface area contributed by atoms with Crippen LogP contribution in [0.3, 0.4) is 0 Å². The third kappa shape index (κ3) is 3.42. The number of halogens is 1. The van der Waals surface area contributed by atoms with Crippen molar-refractivity contribution in [2.75, 3.05) is 24.8 Å². The summed E-state index contributed by atoms with van der Waals surface area (Å²) in [6.07, 6.45) is 4.97. The molecule has 0 saturated heterocycles. The second kappa shape index (κ2) is 7.25. The van der Waals surface area contributed by atoms with Gasteiger partial charge in [-0.3, -0.25) is 0 Å². The minimum Gasteiger partial charge on any atom is -0.495 e. The van der Waals surface area contributed by atoms with E-state index in [2.05, 4.69) is 19.9 Å². The third-order valence-electron chi connectivity index (χ3n) is 5.34. The summed E-state index contributed by atoms with van der Waals surface area (Å²) < 4.78 is 30.9. The van der Waals surface area contributed by atoms with Crippen molar-refractivity contribution in [3.05, 3.63) is 41.8 Å². The first-order valence-electron chi connectivity index (χ1n) is 8.96. The minimum absolute atomic E-state index is 0.0959. The Morgan fingerprint density at radius 1 is 1.29 bits per heavy atom. The molecule has 0 amide bonds. The van der Waals surface area contributed by atoms with Gasteiger partial charge in [0.15, 0.2) is 9.84 Å². The van der Waals surface area contributed by atoms with Crippen molar-refractivity contribution in [2.24, 2.45) is 5.92 Å². The maximum absolute atomic E-state index is 12.9. The number of hydrogen-bond acceptors (Lipinski definition) is 6. The van der Waals surface area contributed by atoms with Crippen molar-refractivity contribution < 1.29 is 13.2 Å². The summed E-state index contributed by atoms with van der Waals surface area (Å²) in [5, 5.41) is 1.41. The van der Waals surface area contributed by atoms with Crippen LogP contribution in [-0.2, 0) is 9.84 Å². The predicted molar refractivity (Wildman–Crippen MR) is 109 cm³/mol. The molecule has 1 fully saturated rings. The summed E-state index contributed by atoms with van der Waals surface area (Å²) in [6, 6.07) is 6.83. The van der Waals surface area contributed by atoms with E-state index < -0.39 is 9.84 Å². The fraction of sp³-hybridized carbons (Fsp3) is 0.368. The number of H-pyrrole nitrogens is 1. The Hall–Kier alpha value is -2.32. The van der Waals surface area contributed by atoms with Crippen LogP contribution >= 0.6 is 11.6 Å². The highest BCUT2D eigenvalue weighted by Crippen LogP contribution is 2.38. The van der Waals surface area contributed by atoms with Gasteiger partial charge < -0.3 is 14.6 Å². The average Bonchev–Trinajstić information content (AvgIpc) is 3.12. The van der Waals surface area contributed by atoms with Gasteiger partial charge in [0.05, 0.1) is 18.2 Å². The number of hydrogen-bond donors (Lipinski definition) is 1. The van der Waals surface area contributed by atoms with E-state index >= 15 is 0 Å². The molecule has 0 bridgehead atoms. The lowest BCUT2D eigenvalue weighted by Crippen LogP contribution is -2.45. The molecule has 1 N–H and O–H groups in total. The number of ether oxygens (including phenoxy) is 1. The van der Waals surface area contributed by atoms with Crippen molar-refractivity contribution >= 4 is 38.3 Å². The normalized spacial score (nSPS) is 19.4. The SMILES string of the molecule is COc1cc(Cl)ccc1S(=O)(=O)C[C@H]1C[C@@H](N(C)c2ncnc3[nH]ccc23)C1. The molecule has 148 valence electrons. The van der Waals surface area contributed by atoms with Crippen LogP contribution in [0.1, 0.15) is 12.8 Å². The van der Waals surface area contributed by atoms with E-state index in [1.807, 2.05) is 19.3 Å². The lowest BCUT2D eigenvalue weighted by molar-refractivity contribution is 0.282. The Labute approximate surface area is 168 Å². The van der Waals surface area contributed by atoms with Gasteiger partial charge in [0.25, 0.3) is 0 Å². The lowest BCUT2D eigenvalue weighted by Gasteiger charge is -2.41. The van der Waals surface area contributed by atoms with E-state index in [4.69, 9.17) is 16.3 Å². The number of aromatic amines is 1. The molecule has 1 saturated carbocycles. The van der Waals surface area contributed by atoms with Gasteiger partial charge in [0.1, 0.15) is 28.4 Å². The highest BCUT2D eigenvalue weighted by atomic mass is 35.5. The van der Waals surface area contributed by atoms with E-state index in [-0.39, 0.29) is 28.4 Å². The molecule has 0 aliphatic heterocycles. The molecule has 0 radical (unpaired) electrons. The Kier molecular flexibility index (Phi) is 4.93. The Balaban J connectivity index is 1.45. The maximum Gasteiger partial charge on any atom is 0.182 e. The zero-order valence-corrected chi connectivity index (χ0v) is 17.2. The molecule has 2 heterocycles. The quantitative estimate of drug-likeness (QED) is 0.658. The highest BCUT2D eigenvalue weighted by Gasteiger charge is 2.37. The topological polar surface area (TPSA) is 88.2 Å². The molecule has 1 aliphatic carbocycles. The van der Waals surface area contributed by atoms with Crippen molar-refractivity contribution in [2.45, 2.75) is 23.8 Å².